The highest BCUT2D eigenvalue weighted by Gasteiger charge is 2.04. The van der Waals surface area contributed by atoms with Gasteiger partial charge in [0.2, 0.25) is 5.95 Å². The summed E-state index contributed by atoms with van der Waals surface area (Å²) in [5, 5.41) is 7.06. The Hall–Kier alpha value is -2.79. The van der Waals surface area contributed by atoms with Crippen LogP contribution < -0.4 is 15.4 Å². The second-order valence-corrected chi connectivity index (χ2v) is 5.77. The van der Waals surface area contributed by atoms with Crippen LogP contribution in [0.2, 0.25) is 5.02 Å². The van der Waals surface area contributed by atoms with Crippen molar-refractivity contribution < 1.29 is 4.74 Å². The van der Waals surface area contributed by atoms with Crippen molar-refractivity contribution in [3.8, 4) is 5.75 Å². The van der Waals surface area contributed by atoms with Gasteiger partial charge in [0, 0.05) is 12.7 Å². The van der Waals surface area contributed by atoms with Gasteiger partial charge in [-0.25, -0.2) is 4.98 Å². The summed E-state index contributed by atoms with van der Waals surface area (Å²) in [7, 11) is 1.68. The zero-order chi connectivity index (χ0) is 17.5. The average molecular weight is 355 g/mol. The summed E-state index contributed by atoms with van der Waals surface area (Å²) in [5.41, 5.74) is 1.93. The van der Waals surface area contributed by atoms with Gasteiger partial charge in [0.05, 0.1) is 17.8 Å². The standard InChI is InChI=1S/C19H19ClN4O/c1-25-17-9-5-2-6-14(17)10-12-21-18-11-13-22-19(24-18)23-16-8-4-3-7-15(16)20/h2-9,11,13H,10,12H2,1H3,(H2,21,22,23,24). The molecule has 6 heteroatoms. The van der Waals surface area contributed by atoms with Gasteiger partial charge in [0.1, 0.15) is 11.6 Å². The molecule has 0 saturated heterocycles. The minimum absolute atomic E-state index is 0.496. The van der Waals surface area contributed by atoms with Crippen molar-refractivity contribution in [2.75, 3.05) is 24.3 Å². The predicted molar refractivity (Wildman–Crippen MR) is 102 cm³/mol. The highest BCUT2D eigenvalue weighted by molar-refractivity contribution is 6.33. The van der Waals surface area contributed by atoms with Crippen LogP contribution in [0, 0.1) is 0 Å². The van der Waals surface area contributed by atoms with Gasteiger partial charge in [-0.3, -0.25) is 0 Å². The van der Waals surface area contributed by atoms with Crippen LogP contribution in [-0.4, -0.2) is 23.6 Å². The van der Waals surface area contributed by atoms with Crippen LogP contribution >= 0.6 is 11.6 Å². The predicted octanol–water partition coefficient (Wildman–Crippen LogP) is 4.54. The third-order valence-electron chi connectivity index (χ3n) is 3.67. The van der Waals surface area contributed by atoms with E-state index in [9.17, 15) is 0 Å². The zero-order valence-electron chi connectivity index (χ0n) is 13.9. The number of aromatic nitrogens is 2. The Bertz CT molecular complexity index is 841. The van der Waals surface area contributed by atoms with Gasteiger partial charge in [-0.05, 0) is 36.2 Å². The minimum Gasteiger partial charge on any atom is -0.496 e. The SMILES string of the molecule is COc1ccccc1CCNc1ccnc(Nc2ccccc2Cl)n1. The normalized spacial score (nSPS) is 10.3. The van der Waals surface area contributed by atoms with Gasteiger partial charge >= 0.3 is 0 Å². The van der Waals surface area contributed by atoms with Gasteiger partial charge in [-0.2, -0.15) is 4.98 Å². The van der Waals surface area contributed by atoms with Crippen LogP contribution in [0.1, 0.15) is 5.56 Å². The lowest BCUT2D eigenvalue weighted by Gasteiger charge is -2.11. The Morgan fingerprint density at radius 1 is 1.04 bits per heavy atom. The molecule has 0 aliphatic heterocycles. The smallest absolute Gasteiger partial charge is 0.229 e. The molecule has 1 aromatic heterocycles. The van der Waals surface area contributed by atoms with E-state index in [1.165, 1.54) is 0 Å². The number of hydrogen-bond acceptors (Lipinski definition) is 5. The van der Waals surface area contributed by atoms with Gasteiger partial charge < -0.3 is 15.4 Å². The molecule has 3 aromatic rings. The molecule has 0 unspecified atom stereocenters. The Balaban J connectivity index is 1.61. The highest BCUT2D eigenvalue weighted by atomic mass is 35.5. The lowest BCUT2D eigenvalue weighted by molar-refractivity contribution is 0.410. The average Bonchev–Trinajstić information content (AvgIpc) is 2.64. The fraction of sp³-hybridized carbons (Fsp3) is 0.158. The molecule has 1 heterocycles. The van der Waals surface area contributed by atoms with Crippen molar-refractivity contribution in [1.29, 1.82) is 0 Å². The number of benzene rings is 2. The number of methoxy groups -OCH3 is 1. The molecule has 0 saturated carbocycles. The van der Waals surface area contributed by atoms with Crippen LogP contribution in [0.25, 0.3) is 0 Å². The maximum atomic E-state index is 6.15. The van der Waals surface area contributed by atoms with Crippen molar-refractivity contribution in [3.05, 3.63) is 71.4 Å². The molecule has 0 bridgehead atoms. The minimum atomic E-state index is 0.496. The van der Waals surface area contributed by atoms with Crippen molar-refractivity contribution >= 4 is 29.1 Å². The molecule has 0 atom stereocenters. The fourth-order valence-corrected chi connectivity index (χ4v) is 2.62. The topological polar surface area (TPSA) is 59.1 Å². The first-order valence-electron chi connectivity index (χ1n) is 7.96. The Morgan fingerprint density at radius 3 is 2.68 bits per heavy atom. The summed E-state index contributed by atoms with van der Waals surface area (Å²) in [6.45, 7) is 0.739. The first kappa shape index (κ1) is 17.0. The molecule has 25 heavy (non-hydrogen) atoms. The molecule has 0 radical (unpaired) electrons. The van der Waals surface area contributed by atoms with Crippen molar-refractivity contribution in [2.24, 2.45) is 0 Å². The zero-order valence-corrected chi connectivity index (χ0v) is 14.6. The van der Waals surface area contributed by atoms with Crippen LogP contribution in [0.3, 0.4) is 0 Å². The van der Waals surface area contributed by atoms with Crippen LogP contribution in [0.4, 0.5) is 17.5 Å². The number of halogens is 1. The van der Waals surface area contributed by atoms with E-state index in [4.69, 9.17) is 16.3 Å². The second kappa shape index (κ2) is 8.35. The lowest BCUT2D eigenvalue weighted by Crippen LogP contribution is -2.08. The first-order valence-corrected chi connectivity index (χ1v) is 8.34. The number of para-hydroxylation sites is 2. The number of nitrogens with one attached hydrogen (secondary N) is 2. The number of nitrogens with zero attached hydrogens (tertiary/aromatic N) is 2. The van der Waals surface area contributed by atoms with Crippen LogP contribution in [0.15, 0.2) is 60.8 Å². The summed E-state index contributed by atoms with van der Waals surface area (Å²) in [4.78, 5) is 8.69. The van der Waals surface area contributed by atoms with E-state index in [0.717, 1.165) is 35.8 Å². The molecular formula is C19H19ClN4O. The second-order valence-electron chi connectivity index (χ2n) is 5.36. The third kappa shape index (κ3) is 4.61. The van der Waals surface area contributed by atoms with Gasteiger partial charge in [-0.1, -0.05) is 41.9 Å². The summed E-state index contributed by atoms with van der Waals surface area (Å²) in [6, 6.07) is 17.3. The highest BCUT2D eigenvalue weighted by Crippen LogP contribution is 2.23. The number of rotatable bonds is 7. The molecule has 0 spiro atoms. The van der Waals surface area contributed by atoms with E-state index < -0.39 is 0 Å². The van der Waals surface area contributed by atoms with Crippen molar-refractivity contribution in [1.82, 2.24) is 9.97 Å². The number of ether oxygens (including phenoxy) is 1. The fourth-order valence-electron chi connectivity index (χ4n) is 2.44. The summed E-state index contributed by atoms with van der Waals surface area (Å²) < 4.78 is 5.37. The van der Waals surface area contributed by atoms with Crippen molar-refractivity contribution in [2.45, 2.75) is 6.42 Å². The summed E-state index contributed by atoms with van der Waals surface area (Å²) >= 11 is 6.15. The van der Waals surface area contributed by atoms with E-state index in [1.807, 2.05) is 48.5 Å². The van der Waals surface area contributed by atoms with E-state index in [1.54, 1.807) is 13.3 Å². The number of hydrogen-bond donors (Lipinski definition) is 2. The number of anilines is 3. The molecule has 0 aliphatic carbocycles. The molecule has 2 N–H and O–H groups in total. The van der Waals surface area contributed by atoms with Crippen LogP contribution in [-0.2, 0) is 6.42 Å². The van der Waals surface area contributed by atoms with E-state index in [2.05, 4.69) is 26.7 Å². The molecule has 128 valence electrons. The molecule has 5 nitrogen and oxygen atoms in total. The van der Waals surface area contributed by atoms with Gasteiger partial charge in [0.25, 0.3) is 0 Å². The van der Waals surface area contributed by atoms with Gasteiger partial charge in [0.15, 0.2) is 0 Å². The van der Waals surface area contributed by atoms with E-state index >= 15 is 0 Å². The maximum Gasteiger partial charge on any atom is 0.229 e. The van der Waals surface area contributed by atoms with E-state index in [0.29, 0.717) is 11.0 Å². The Morgan fingerprint density at radius 2 is 1.84 bits per heavy atom. The molecular weight excluding hydrogens is 336 g/mol. The molecule has 0 amide bonds. The monoisotopic (exact) mass is 354 g/mol. The van der Waals surface area contributed by atoms with Crippen LogP contribution in [0.5, 0.6) is 5.75 Å². The third-order valence-corrected chi connectivity index (χ3v) is 4.00. The molecule has 0 fully saturated rings. The van der Waals surface area contributed by atoms with E-state index in [-0.39, 0.29) is 0 Å². The lowest BCUT2D eigenvalue weighted by atomic mass is 10.1. The van der Waals surface area contributed by atoms with Crippen molar-refractivity contribution in [3.63, 3.8) is 0 Å². The van der Waals surface area contributed by atoms with Gasteiger partial charge in [-0.15, -0.1) is 0 Å². The first-order chi connectivity index (χ1) is 12.3. The Labute approximate surface area is 152 Å². The Kier molecular flexibility index (Phi) is 5.69. The summed E-state index contributed by atoms with van der Waals surface area (Å²) in [5.74, 6) is 2.14. The quantitative estimate of drug-likeness (QED) is 0.652. The maximum absolute atomic E-state index is 6.15. The molecule has 2 aromatic carbocycles. The molecule has 3 rings (SSSR count). The molecule has 0 aliphatic rings. The largest absolute Gasteiger partial charge is 0.496 e. The summed E-state index contributed by atoms with van der Waals surface area (Å²) in [6.07, 6.45) is 2.54.